The predicted molar refractivity (Wildman–Crippen MR) is 186 cm³/mol. The van der Waals surface area contributed by atoms with Crippen molar-refractivity contribution in [3.63, 3.8) is 0 Å². The molecule has 1 heterocycles. The normalized spacial score (nSPS) is 16.6. The summed E-state index contributed by atoms with van der Waals surface area (Å²) in [5, 5.41) is 0. The van der Waals surface area contributed by atoms with E-state index in [9.17, 15) is 0 Å². The summed E-state index contributed by atoms with van der Waals surface area (Å²) in [5.41, 5.74) is 13.6. The van der Waals surface area contributed by atoms with Gasteiger partial charge in [0.2, 0.25) is 0 Å². The van der Waals surface area contributed by atoms with Crippen molar-refractivity contribution in [1.82, 2.24) is 15.0 Å². The number of hydrogen-bond acceptors (Lipinski definition) is 3. The molecule has 4 aromatic carbocycles. The van der Waals surface area contributed by atoms with Crippen LogP contribution in [-0.4, -0.2) is 15.0 Å². The second kappa shape index (κ2) is 11.1. The summed E-state index contributed by atoms with van der Waals surface area (Å²) in [6.45, 7) is 4.68. The molecule has 0 spiro atoms. The average Bonchev–Trinajstić information content (AvgIpc) is 3.34. The maximum atomic E-state index is 5.13. The van der Waals surface area contributed by atoms with E-state index in [1.165, 1.54) is 50.1 Å². The van der Waals surface area contributed by atoms with Gasteiger partial charge in [-0.15, -0.1) is 0 Å². The SMILES string of the molecule is CC1(C)C2=C(CCC(c3nc(-c4ccc(C5=CCCC=C5)cc4)nc(-c4ccc(-c5ccccc5)cc4)n3)=C2)c2ccccc21. The number of hydrogen-bond donors (Lipinski definition) is 0. The molecule has 0 saturated heterocycles. The largest absolute Gasteiger partial charge is 0.209 e. The molecule has 218 valence electrons. The van der Waals surface area contributed by atoms with Gasteiger partial charge in [0.1, 0.15) is 0 Å². The van der Waals surface area contributed by atoms with Gasteiger partial charge in [0.05, 0.1) is 0 Å². The first-order valence-electron chi connectivity index (χ1n) is 16.0. The first-order chi connectivity index (χ1) is 22.0. The average molecular weight is 582 g/mol. The van der Waals surface area contributed by atoms with Crippen LogP contribution in [0, 0.1) is 0 Å². The zero-order chi connectivity index (χ0) is 30.4. The van der Waals surface area contributed by atoms with Crippen LogP contribution in [0.15, 0.2) is 133 Å². The van der Waals surface area contributed by atoms with Crippen LogP contribution in [0.1, 0.15) is 62.0 Å². The van der Waals surface area contributed by atoms with Crippen molar-refractivity contribution in [1.29, 1.82) is 0 Å². The van der Waals surface area contributed by atoms with Gasteiger partial charge >= 0.3 is 0 Å². The lowest BCUT2D eigenvalue weighted by Gasteiger charge is -2.25. The summed E-state index contributed by atoms with van der Waals surface area (Å²) < 4.78 is 0. The zero-order valence-electron chi connectivity index (χ0n) is 25.8. The van der Waals surface area contributed by atoms with Crippen LogP contribution < -0.4 is 0 Å². The summed E-state index contributed by atoms with van der Waals surface area (Å²) in [6.07, 6.45) is 13.2. The maximum absolute atomic E-state index is 5.13. The van der Waals surface area contributed by atoms with E-state index >= 15 is 0 Å². The molecule has 3 aliphatic rings. The second-order valence-electron chi connectivity index (χ2n) is 12.7. The van der Waals surface area contributed by atoms with Crippen molar-refractivity contribution in [2.75, 3.05) is 0 Å². The first-order valence-corrected chi connectivity index (χ1v) is 16.0. The molecule has 1 aromatic heterocycles. The fourth-order valence-electron chi connectivity index (χ4n) is 7.04. The monoisotopic (exact) mass is 581 g/mol. The molecule has 0 fully saturated rings. The minimum absolute atomic E-state index is 0.0539. The Morgan fingerprint density at radius 2 is 1.16 bits per heavy atom. The lowest BCUT2D eigenvalue weighted by atomic mass is 9.79. The van der Waals surface area contributed by atoms with Gasteiger partial charge in [-0.2, -0.15) is 0 Å². The molecule has 3 nitrogen and oxygen atoms in total. The number of nitrogens with zero attached hydrogens (tertiary/aromatic N) is 3. The van der Waals surface area contributed by atoms with E-state index in [0.717, 1.165) is 42.6 Å². The van der Waals surface area contributed by atoms with E-state index in [-0.39, 0.29) is 5.41 Å². The lowest BCUT2D eigenvalue weighted by Crippen LogP contribution is -2.17. The van der Waals surface area contributed by atoms with Crippen LogP contribution in [0.2, 0.25) is 0 Å². The topological polar surface area (TPSA) is 38.7 Å². The van der Waals surface area contributed by atoms with E-state index in [0.29, 0.717) is 11.6 Å². The Bertz CT molecular complexity index is 2040. The molecule has 3 aliphatic carbocycles. The highest BCUT2D eigenvalue weighted by atomic mass is 15.0. The van der Waals surface area contributed by atoms with Crippen molar-refractivity contribution < 1.29 is 0 Å². The van der Waals surface area contributed by atoms with E-state index in [1.807, 2.05) is 6.07 Å². The number of benzene rings is 4. The van der Waals surface area contributed by atoms with Gasteiger partial charge in [-0.3, -0.25) is 0 Å². The standard InChI is InChI=1S/C42H35N3/c1-42(2)37-16-10-9-15-35(37)36-26-25-34(27-38(36)42)41-44-39(32-21-17-30(18-22-32)28-11-5-3-6-12-28)43-40(45-41)33-23-19-31(20-24-33)29-13-7-4-8-14-29/h3,5-7,9-24,27H,4,8,25-26H2,1-2H3. The van der Waals surface area contributed by atoms with Crippen LogP contribution in [0.5, 0.6) is 0 Å². The molecule has 0 N–H and O–H groups in total. The number of aromatic nitrogens is 3. The summed E-state index contributed by atoms with van der Waals surface area (Å²) >= 11 is 0. The van der Waals surface area contributed by atoms with Crippen LogP contribution in [-0.2, 0) is 5.41 Å². The summed E-state index contributed by atoms with van der Waals surface area (Å²) in [6, 6.07) is 36.6. The Labute approximate surface area is 265 Å². The van der Waals surface area contributed by atoms with E-state index in [2.05, 4.69) is 135 Å². The van der Waals surface area contributed by atoms with E-state index in [4.69, 9.17) is 15.0 Å². The van der Waals surface area contributed by atoms with Crippen molar-refractivity contribution in [3.8, 4) is 33.9 Å². The Balaban J connectivity index is 1.22. The molecule has 45 heavy (non-hydrogen) atoms. The Hall–Kier alpha value is -5.15. The molecule has 5 aromatic rings. The predicted octanol–water partition coefficient (Wildman–Crippen LogP) is 10.5. The third-order valence-corrected chi connectivity index (χ3v) is 9.53. The van der Waals surface area contributed by atoms with Crippen molar-refractivity contribution in [2.45, 2.75) is 44.9 Å². The van der Waals surface area contributed by atoms with Gasteiger partial charge in [-0.25, -0.2) is 15.0 Å². The Morgan fingerprint density at radius 1 is 0.556 bits per heavy atom. The lowest BCUT2D eigenvalue weighted by molar-refractivity contribution is 0.652. The Morgan fingerprint density at radius 3 is 1.84 bits per heavy atom. The molecule has 0 atom stereocenters. The first kappa shape index (κ1) is 27.4. The van der Waals surface area contributed by atoms with E-state index in [1.54, 1.807) is 0 Å². The van der Waals surface area contributed by atoms with Gasteiger partial charge in [0.25, 0.3) is 0 Å². The van der Waals surface area contributed by atoms with Crippen LogP contribution >= 0.6 is 0 Å². The molecule has 3 heteroatoms. The zero-order valence-corrected chi connectivity index (χ0v) is 25.8. The molecular weight excluding hydrogens is 546 g/mol. The fraction of sp³-hybridized carbons (Fsp3) is 0.167. The molecule has 0 bridgehead atoms. The molecule has 0 saturated carbocycles. The summed E-state index contributed by atoms with van der Waals surface area (Å²) in [7, 11) is 0. The van der Waals surface area contributed by atoms with Gasteiger partial charge in [0.15, 0.2) is 17.5 Å². The van der Waals surface area contributed by atoms with Gasteiger partial charge in [-0.1, -0.05) is 141 Å². The minimum Gasteiger partial charge on any atom is -0.209 e. The third-order valence-electron chi connectivity index (χ3n) is 9.53. The molecule has 0 unspecified atom stereocenters. The van der Waals surface area contributed by atoms with Crippen molar-refractivity contribution in [3.05, 3.63) is 156 Å². The second-order valence-corrected chi connectivity index (χ2v) is 12.7. The van der Waals surface area contributed by atoms with Gasteiger partial charge in [0, 0.05) is 16.5 Å². The maximum Gasteiger partial charge on any atom is 0.164 e. The van der Waals surface area contributed by atoms with Gasteiger partial charge in [-0.05, 0) is 75.8 Å². The molecule has 0 radical (unpaired) electrons. The minimum atomic E-state index is -0.0539. The summed E-state index contributed by atoms with van der Waals surface area (Å²) in [5.74, 6) is 2.17. The van der Waals surface area contributed by atoms with Crippen LogP contribution in [0.3, 0.4) is 0 Å². The highest BCUT2D eigenvalue weighted by molar-refractivity contribution is 5.88. The van der Waals surface area contributed by atoms with Crippen molar-refractivity contribution >= 4 is 16.7 Å². The number of rotatable bonds is 5. The Kier molecular flexibility index (Phi) is 6.75. The highest BCUT2D eigenvalue weighted by Crippen LogP contribution is 2.51. The quantitative estimate of drug-likeness (QED) is 0.207. The molecule has 0 aliphatic heterocycles. The van der Waals surface area contributed by atoms with Crippen LogP contribution in [0.4, 0.5) is 0 Å². The smallest absolute Gasteiger partial charge is 0.164 e. The molecule has 8 rings (SSSR count). The molecule has 0 amide bonds. The van der Waals surface area contributed by atoms with Crippen LogP contribution in [0.25, 0.3) is 50.6 Å². The molecular formula is C42H35N3. The third kappa shape index (κ3) is 4.99. The van der Waals surface area contributed by atoms with Crippen molar-refractivity contribution in [2.24, 2.45) is 0 Å². The fourth-order valence-corrected chi connectivity index (χ4v) is 7.04. The summed E-state index contributed by atoms with van der Waals surface area (Å²) in [4.78, 5) is 15.3. The number of allylic oxidation sites excluding steroid dienone is 8. The number of fused-ring (bicyclic) bond motifs is 2. The van der Waals surface area contributed by atoms with Gasteiger partial charge < -0.3 is 0 Å². The van der Waals surface area contributed by atoms with E-state index < -0.39 is 0 Å². The highest BCUT2D eigenvalue weighted by Gasteiger charge is 2.38.